The number of tetrazole rings is 1. The van der Waals surface area contributed by atoms with Crippen molar-refractivity contribution in [2.75, 3.05) is 0 Å². The molecule has 0 saturated carbocycles. The van der Waals surface area contributed by atoms with Crippen LogP contribution in [0.15, 0.2) is 29.1 Å². The van der Waals surface area contributed by atoms with Crippen molar-refractivity contribution in [1.82, 2.24) is 35.2 Å². The maximum absolute atomic E-state index is 12.4. The number of rotatable bonds is 1. The highest BCUT2D eigenvalue weighted by Crippen LogP contribution is 2.17. The Morgan fingerprint density at radius 2 is 2.15 bits per heavy atom. The Bertz CT molecular complexity index is 985. The van der Waals surface area contributed by atoms with Crippen molar-refractivity contribution in [2.24, 2.45) is 0 Å². The van der Waals surface area contributed by atoms with Crippen LogP contribution in [0.2, 0.25) is 5.02 Å². The number of halogens is 1. The van der Waals surface area contributed by atoms with Gasteiger partial charge in [-0.05, 0) is 23.4 Å². The maximum atomic E-state index is 12.4. The van der Waals surface area contributed by atoms with Gasteiger partial charge >= 0.3 is 0 Å². The molecule has 0 amide bonds. The number of nitrogens with one attached hydrogen (secondary N) is 2. The summed E-state index contributed by atoms with van der Waals surface area (Å²) in [5, 5.41) is 17.4. The molecular formula is C11H6ClN7O. The van der Waals surface area contributed by atoms with Crippen molar-refractivity contribution >= 4 is 28.2 Å². The molecule has 9 heteroatoms. The smallest absolute Gasteiger partial charge is 0.280 e. The number of nitrogens with zero attached hydrogens (tertiary/aromatic N) is 5. The molecular weight excluding hydrogens is 282 g/mol. The van der Waals surface area contributed by atoms with Crippen molar-refractivity contribution < 1.29 is 0 Å². The van der Waals surface area contributed by atoms with Crippen LogP contribution in [-0.2, 0) is 0 Å². The molecule has 3 aromatic heterocycles. The van der Waals surface area contributed by atoms with Crippen molar-refractivity contribution in [3.05, 3.63) is 39.6 Å². The van der Waals surface area contributed by atoms with E-state index in [2.05, 4.69) is 30.7 Å². The lowest BCUT2D eigenvalue weighted by atomic mass is 10.2. The van der Waals surface area contributed by atoms with Crippen molar-refractivity contribution in [3.8, 4) is 11.5 Å². The second-order valence-corrected chi connectivity index (χ2v) is 4.61. The van der Waals surface area contributed by atoms with Crippen molar-refractivity contribution in [2.45, 2.75) is 0 Å². The molecule has 0 fully saturated rings. The molecule has 20 heavy (non-hydrogen) atoms. The average Bonchev–Trinajstić information content (AvgIpc) is 3.08. The summed E-state index contributed by atoms with van der Waals surface area (Å²) in [6, 6.07) is 6.67. The van der Waals surface area contributed by atoms with Crippen LogP contribution < -0.4 is 5.56 Å². The summed E-state index contributed by atoms with van der Waals surface area (Å²) in [7, 11) is 0. The molecule has 98 valence electrons. The highest BCUT2D eigenvalue weighted by atomic mass is 35.5. The first-order chi connectivity index (χ1) is 9.72. The third-order valence-electron chi connectivity index (χ3n) is 2.95. The van der Waals surface area contributed by atoms with Gasteiger partial charge in [-0.15, -0.1) is 10.2 Å². The number of aromatic nitrogens is 7. The van der Waals surface area contributed by atoms with Gasteiger partial charge in [-0.3, -0.25) is 9.89 Å². The monoisotopic (exact) mass is 287 g/mol. The molecule has 0 bridgehead atoms. The van der Waals surface area contributed by atoms with Crippen LogP contribution in [0.3, 0.4) is 0 Å². The fourth-order valence-corrected chi connectivity index (χ4v) is 2.22. The van der Waals surface area contributed by atoms with Crippen LogP contribution in [0.1, 0.15) is 0 Å². The van der Waals surface area contributed by atoms with Gasteiger partial charge in [-0.2, -0.15) is 5.21 Å². The van der Waals surface area contributed by atoms with Crippen LogP contribution in [0.4, 0.5) is 0 Å². The molecule has 0 aliphatic heterocycles. The molecule has 0 aliphatic carbocycles. The van der Waals surface area contributed by atoms with Gasteiger partial charge in [0.1, 0.15) is 5.69 Å². The molecule has 0 aliphatic rings. The number of fused-ring (bicyclic) bond motifs is 2. The Labute approximate surface area is 115 Å². The van der Waals surface area contributed by atoms with Gasteiger partial charge in [0.15, 0.2) is 5.65 Å². The van der Waals surface area contributed by atoms with Crippen LogP contribution >= 0.6 is 11.6 Å². The second kappa shape index (κ2) is 3.87. The first kappa shape index (κ1) is 11.1. The van der Waals surface area contributed by atoms with E-state index >= 15 is 0 Å². The van der Waals surface area contributed by atoms with Crippen molar-refractivity contribution in [3.63, 3.8) is 0 Å². The van der Waals surface area contributed by atoms with E-state index in [1.807, 2.05) is 0 Å². The highest BCUT2D eigenvalue weighted by molar-refractivity contribution is 6.31. The third-order valence-corrected chi connectivity index (χ3v) is 3.18. The molecule has 0 spiro atoms. The number of H-pyrrole nitrogens is 2. The number of benzene rings is 1. The lowest BCUT2D eigenvalue weighted by Gasteiger charge is -1.98. The molecule has 0 radical (unpaired) electrons. The molecule has 4 rings (SSSR count). The Balaban J connectivity index is 2.10. The lowest BCUT2D eigenvalue weighted by Crippen LogP contribution is -2.15. The quantitative estimate of drug-likeness (QED) is 0.543. The second-order valence-electron chi connectivity index (χ2n) is 4.18. The topological polar surface area (TPSA) is 105 Å². The van der Waals surface area contributed by atoms with Crippen LogP contribution in [0.25, 0.3) is 28.1 Å². The summed E-state index contributed by atoms with van der Waals surface area (Å²) in [5.41, 5.74) is 1.37. The predicted molar refractivity (Wildman–Crippen MR) is 71.5 cm³/mol. The van der Waals surface area contributed by atoms with E-state index in [4.69, 9.17) is 11.6 Å². The Morgan fingerprint density at radius 3 is 2.95 bits per heavy atom. The van der Waals surface area contributed by atoms with E-state index in [-0.39, 0.29) is 5.56 Å². The first-order valence-electron chi connectivity index (χ1n) is 5.67. The van der Waals surface area contributed by atoms with E-state index in [1.54, 1.807) is 24.3 Å². The lowest BCUT2D eigenvalue weighted by molar-refractivity contribution is 0.881. The number of hydrogen-bond acceptors (Lipinski definition) is 5. The van der Waals surface area contributed by atoms with Gasteiger partial charge in [0.2, 0.25) is 5.82 Å². The highest BCUT2D eigenvalue weighted by Gasteiger charge is 2.12. The average molecular weight is 288 g/mol. The SMILES string of the molecule is O=c1c2cc(Cl)ccc2nc2cc(-c3nn[nH]n3)[nH]n12. The molecule has 4 aromatic rings. The molecule has 1 aromatic carbocycles. The van der Waals surface area contributed by atoms with Crippen LogP contribution in [0, 0.1) is 0 Å². The van der Waals surface area contributed by atoms with E-state index in [0.717, 1.165) is 0 Å². The summed E-state index contributed by atoms with van der Waals surface area (Å²) in [4.78, 5) is 16.8. The van der Waals surface area contributed by atoms with E-state index in [0.29, 0.717) is 33.1 Å². The molecule has 8 nitrogen and oxygen atoms in total. The predicted octanol–water partition coefficient (Wildman–Crippen LogP) is 1.01. The molecule has 2 N–H and O–H groups in total. The van der Waals surface area contributed by atoms with Crippen molar-refractivity contribution in [1.29, 1.82) is 0 Å². The summed E-state index contributed by atoms with van der Waals surface area (Å²) < 4.78 is 1.32. The summed E-state index contributed by atoms with van der Waals surface area (Å²) in [5.74, 6) is 0.358. The summed E-state index contributed by atoms with van der Waals surface area (Å²) in [6.07, 6.45) is 0. The van der Waals surface area contributed by atoms with Gasteiger partial charge < -0.3 is 0 Å². The van der Waals surface area contributed by atoms with Crippen LogP contribution in [-0.4, -0.2) is 35.2 Å². The van der Waals surface area contributed by atoms with E-state index in [9.17, 15) is 4.79 Å². The van der Waals surface area contributed by atoms with Gasteiger partial charge in [-0.25, -0.2) is 9.50 Å². The molecule has 0 unspecified atom stereocenters. The molecule has 0 saturated heterocycles. The van der Waals surface area contributed by atoms with E-state index < -0.39 is 0 Å². The normalized spacial score (nSPS) is 11.4. The zero-order valence-corrected chi connectivity index (χ0v) is 10.6. The fourth-order valence-electron chi connectivity index (χ4n) is 2.05. The largest absolute Gasteiger partial charge is 0.286 e. The molecule has 3 heterocycles. The Kier molecular flexibility index (Phi) is 2.15. The fraction of sp³-hybridized carbons (Fsp3) is 0. The minimum Gasteiger partial charge on any atom is -0.286 e. The summed E-state index contributed by atoms with van der Waals surface area (Å²) in [6.45, 7) is 0. The van der Waals surface area contributed by atoms with Gasteiger partial charge in [0.25, 0.3) is 5.56 Å². The van der Waals surface area contributed by atoms with Crippen LogP contribution in [0.5, 0.6) is 0 Å². The minimum atomic E-state index is -0.234. The first-order valence-corrected chi connectivity index (χ1v) is 6.05. The standard InChI is InChI=1S/C11H6ClN7O/c12-5-1-2-7-6(3-5)11(20)19-9(13-7)4-8(16-19)10-14-17-18-15-10/h1-4,16H,(H,14,15,17,18). The third kappa shape index (κ3) is 1.51. The minimum absolute atomic E-state index is 0.234. The zero-order chi connectivity index (χ0) is 13.7. The van der Waals surface area contributed by atoms with Gasteiger partial charge in [0.05, 0.1) is 10.9 Å². The van der Waals surface area contributed by atoms with Gasteiger partial charge in [-0.1, -0.05) is 11.6 Å². The zero-order valence-electron chi connectivity index (χ0n) is 9.83. The maximum Gasteiger partial charge on any atom is 0.280 e. The van der Waals surface area contributed by atoms with E-state index in [1.165, 1.54) is 4.52 Å². The summed E-state index contributed by atoms with van der Waals surface area (Å²) >= 11 is 5.91. The Morgan fingerprint density at radius 1 is 1.25 bits per heavy atom. The Hall–Kier alpha value is -2.74. The molecule has 0 atom stereocenters. The number of hydrogen-bond donors (Lipinski definition) is 2. The number of aromatic amines is 2. The van der Waals surface area contributed by atoms with Gasteiger partial charge in [0, 0.05) is 11.1 Å².